The van der Waals surface area contributed by atoms with Crippen LogP contribution in [0.3, 0.4) is 0 Å². The minimum atomic E-state index is -0.0190. The van der Waals surface area contributed by atoms with Gasteiger partial charge >= 0.3 is 0 Å². The van der Waals surface area contributed by atoms with Crippen LogP contribution in [0.5, 0.6) is 0 Å². The highest BCUT2D eigenvalue weighted by Crippen LogP contribution is 2.27. The molecule has 0 radical (unpaired) electrons. The number of carbonyl (C=O) groups is 1. The Morgan fingerprint density at radius 2 is 2.00 bits per heavy atom. The molecule has 1 fully saturated rings. The Balaban J connectivity index is 0.00000140. The number of pyridine rings is 1. The number of halogens is 2. The summed E-state index contributed by atoms with van der Waals surface area (Å²) in [4.78, 5) is 23.8. The van der Waals surface area contributed by atoms with Gasteiger partial charge in [0.2, 0.25) is 0 Å². The maximum absolute atomic E-state index is 13.1. The van der Waals surface area contributed by atoms with Crippen molar-refractivity contribution >= 4 is 42.1 Å². The van der Waals surface area contributed by atoms with Gasteiger partial charge in [0.05, 0.1) is 6.04 Å². The first-order chi connectivity index (χ1) is 12.7. The lowest BCUT2D eigenvalue weighted by Crippen LogP contribution is -2.48. The van der Waals surface area contributed by atoms with E-state index < -0.39 is 0 Å². The van der Waals surface area contributed by atoms with Gasteiger partial charge in [0.25, 0.3) is 5.91 Å². The predicted molar refractivity (Wildman–Crippen MR) is 118 cm³/mol. The third kappa shape index (κ3) is 4.70. The van der Waals surface area contributed by atoms with Crippen molar-refractivity contribution in [3.05, 3.63) is 71.0 Å². The lowest BCUT2D eigenvalue weighted by Gasteiger charge is -2.36. The second-order valence-corrected chi connectivity index (χ2v) is 7.27. The molecule has 1 unspecified atom stereocenters. The van der Waals surface area contributed by atoms with E-state index in [2.05, 4.69) is 34.3 Å². The Bertz CT molecular complexity index is 902. The van der Waals surface area contributed by atoms with Crippen molar-refractivity contribution in [3.63, 3.8) is 0 Å². The van der Waals surface area contributed by atoms with Crippen molar-refractivity contribution < 1.29 is 4.79 Å². The summed E-state index contributed by atoms with van der Waals surface area (Å²) in [7, 11) is 0. The molecule has 4 rings (SSSR count). The summed E-state index contributed by atoms with van der Waals surface area (Å²) < 4.78 is 0. The second kappa shape index (κ2) is 9.98. The minimum Gasteiger partial charge on any atom is -0.328 e. The summed E-state index contributed by atoms with van der Waals surface area (Å²) in [6.07, 6.45) is 3.58. The topological polar surface area (TPSA) is 58.1 Å². The van der Waals surface area contributed by atoms with E-state index in [0.717, 1.165) is 29.2 Å². The number of hydrogen-bond acceptors (Lipinski definition) is 5. The zero-order valence-corrected chi connectivity index (χ0v) is 17.8. The lowest BCUT2D eigenvalue weighted by molar-refractivity contribution is 0.0629. The monoisotopic (exact) mass is 436 g/mol. The smallest absolute Gasteiger partial charge is 0.273 e. The zero-order valence-electron chi connectivity index (χ0n) is 15.4. The molecule has 1 saturated heterocycles. The standard InChI is InChI=1S/C20H20N4OS.2ClH/c1-14-4-6-15(7-5-14)19-23-17(13-26-19)20(25)24-10-9-22-12-18(24)16-3-2-8-21-11-16;;/h2-8,11,13,18,22H,9-10,12H2,1H3;2*1H. The molecule has 1 N–H and O–H groups in total. The number of aromatic nitrogens is 2. The number of aryl methyl sites for hydroxylation is 1. The summed E-state index contributed by atoms with van der Waals surface area (Å²) >= 11 is 1.51. The number of nitrogens with zero attached hydrogens (tertiary/aromatic N) is 3. The van der Waals surface area contributed by atoms with E-state index >= 15 is 0 Å². The maximum Gasteiger partial charge on any atom is 0.273 e. The van der Waals surface area contributed by atoms with Crippen molar-refractivity contribution in [2.24, 2.45) is 0 Å². The van der Waals surface area contributed by atoms with E-state index in [0.29, 0.717) is 12.2 Å². The molecule has 2 aromatic heterocycles. The maximum atomic E-state index is 13.1. The summed E-state index contributed by atoms with van der Waals surface area (Å²) in [6.45, 7) is 4.24. The highest BCUT2D eigenvalue weighted by Gasteiger charge is 2.30. The molecule has 5 nitrogen and oxygen atoms in total. The van der Waals surface area contributed by atoms with Gasteiger partial charge < -0.3 is 10.2 Å². The van der Waals surface area contributed by atoms with Crippen LogP contribution in [0.15, 0.2) is 54.2 Å². The van der Waals surface area contributed by atoms with E-state index in [1.54, 1.807) is 6.20 Å². The molecule has 1 aliphatic rings. The number of hydrogen-bond donors (Lipinski definition) is 1. The largest absolute Gasteiger partial charge is 0.328 e. The Morgan fingerprint density at radius 1 is 1.21 bits per heavy atom. The van der Waals surface area contributed by atoms with Crippen LogP contribution in [0.4, 0.5) is 0 Å². The van der Waals surface area contributed by atoms with Crippen molar-refractivity contribution in [1.29, 1.82) is 0 Å². The molecule has 1 atom stereocenters. The fourth-order valence-electron chi connectivity index (χ4n) is 3.17. The molecule has 8 heteroatoms. The molecule has 3 aromatic rings. The van der Waals surface area contributed by atoms with Gasteiger partial charge in [-0.25, -0.2) is 4.98 Å². The van der Waals surface area contributed by atoms with E-state index in [9.17, 15) is 4.79 Å². The van der Waals surface area contributed by atoms with Gasteiger partial charge in [-0.3, -0.25) is 9.78 Å². The molecular formula is C20H22Cl2N4OS. The molecule has 1 aliphatic heterocycles. The van der Waals surface area contributed by atoms with Gasteiger partial charge in [-0.05, 0) is 18.6 Å². The number of amides is 1. The first-order valence-corrected chi connectivity index (χ1v) is 9.54. The first kappa shape index (κ1) is 22.3. The van der Waals surface area contributed by atoms with Crippen LogP contribution in [0.2, 0.25) is 0 Å². The van der Waals surface area contributed by atoms with Gasteiger partial charge in [-0.2, -0.15) is 0 Å². The molecule has 3 heterocycles. The van der Waals surface area contributed by atoms with Gasteiger partial charge in [-0.15, -0.1) is 36.2 Å². The molecule has 0 bridgehead atoms. The van der Waals surface area contributed by atoms with Crippen molar-refractivity contribution in [2.75, 3.05) is 19.6 Å². The molecule has 0 spiro atoms. The molecular weight excluding hydrogens is 415 g/mol. The average Bonchev–Trinajstić information content (AvgIpc) is 3.19. The van der Waals surface area contributed by atoms with Crippen molar-refractivity contribution in [2.45, 2.75) is 13.0 Å². The fraction of sp³-hybridized carbons (Fsp3) is 0.250. The Morgan fingerprint density at radius 3 is 2.71 bits per heavy atom. The molecule has 148 valence electrons. The second-order valence-electron chi connectivity index (χ2n) is 6.41. The van der Waals surface area contributed by atoms with Crippen molar-refractivity contribution in [3.8, 4) is 10.6 Å². The summed E-state index contributed by atoms with van der Waals surface area (Å²) in [5, 5.41) is 6.10. The van der Waals surface area contributed by atoms with Crippen LogP contribution in [-0.4, -0.2) is 40.4 Å². The van der Waals surface area contributed by atoms with Crippen LogP contribution in [0.25, 0.3) is 10.6 Å². The number of piperazine rings is 1. The number of rotatable bonds is 3. The van der Waals surface area contributed by atoms with E-state index in [4.69, 9.17) is 0 Å². The number of thiazole rings is 1. The normalized spacial score (nSPS) is 16.0. The molecule has 0 aliphatic carbocycles. The Hall–Kier alpha value is -1.99. The third-order valence-corrected chi connectivity index (χ3v) is 5.49. The van der Waals surface area contributed by atoms with Gasteiger partial charge in [0.15, 0.2) is 0 Å². The fourth-order valence-corrected chi connectivity index (χ4v) is 3.97. The molecule has 1 amide bonds. The quantitative estimate of drug-likeness (QED) is 0.669. The van der Waals surface area contributed by atoms with Crippen molar-refractivity contribution in [1.82, 2.24) is 20.2 Å². The Labute approximate surface area is 181 Å². The van der Waals surface area contributed by atoms with Crippen LogP contribution in [-0.2, 0) is 0 Å². The average molecular weight is 437 g/mol. The summed E-state index contributed by atoms with van der Waals surface area (Å²) in [6, 6.07) is 12.1. The van der Waals surface area contributed by atoms with E-state index in [-0.39, 0.29) is 36.8 Å². The highest BCUT2D eigenvalue weighted by molar-refractivity contribution is 7.13. The van der Waals surface area contributed by atoms with Crippen LogP contribution < -0.4 is 5.32 Å². The highest BCUT2D eigenvalue weighted by atomic mass is 35.5. The number of carbonyl (C=O) groups excluding carboxylic acids is 1. The first-order valence-electron chi connectivity index (χ1n) is 8.66. The Kier molecular flexibility index (Phi) is 7.95. The number of benzene rings is 1. The van der Waals surface area contributed by atoms with Gasteiger partial charge in [-0.1, -0.05) is 35.9 Å². The predicted octanol–water partition coefficient (Wildman–Crippen LogP) is 4.14. The van der Waals surface area contributed by atoms with Crippen LogP contribution in [0, 0.1) is 6.92 Å². The lowest BCUT2D eigenvalue weighted by atomic mass is 10.0. The molecule has 28 heavy (non-hydrogen) atoms. The molecule has 0 saturated carbocycles. The minimum absolute atomic E-state index is 0. The molecule has 1 aromatic carbocycles. The van der Waals surface area contributed by atoms with Crippen LogP contribution >= 0.6 is 36.2 Å². The summed E-state index contributed by atoms with van der Waals surface area (Å²) in [5.74, 6) is -0.0186. The summed E-state index contributed by atoms with van der Waals surface area (Å²) in [5.41, 5.74) is 3.81. The van der Waals surface area contributed by atoms with E-state index in [1.165, 1.54) is 16.9 Å². The zero-order chi connectivity index (χ0) is 17.9. The third-order valence-electron chi connectivity index (χ3n) is 4.60. The SMILES string of the molecule is Cc1ccc(-c2nc(C(=O)N3CCNCC3c3cccnc3)cs2)cc1.Cl.Cl. The van der Waals surface area contributed by atoms with E-state index in [1.807, 2.05) is 40.7 Å². The van der Waals surface area contributed by atoms with Crippen LogP contribution in [0.1, 0.15) is 27.7 Å². The van der Waals surface area contributed by atoms with Gasteiger partial charge in [0, 0.05) is 43.0 Å². The van der Waals surface area contributed by atoms with Gasteiger partial charge in [0.1, 0.15) is 10.7 Å². The number of nitrogens with one attached hydrogen (secondary N) is 1.